The topological polar surface area (TPSA) is 185 Å². The standard InChI is InChI=1S/C47H69N7O7S/c1-9-31(5)41(52-43(56)38-18-14-15-24-53(38)8)45(57)54(25-23-33-19-21-35(48)22-20-33)39(30(3)4)28-40(61-47(59)49-7)44-51-37(29-62-44)42(55)50-36(26-32(6)46(58)60-10-2)27-34-16-12-11-13-17-34/h11-13,16-17,19-22,29-32,36,38-41H,9-10,14-15,18,23-28,48H2,1-8H3,(H,49,59)(H,50,55)(H,52,56)/t31-,32?,36+,38+,39+,40+,41-/m0/s1. The van der Waals surface area contributed by atoms with Crippen molar-refractivity contribution in [1.29, 1.82) is 0 Å². The first-order chi connectivity index (χ1) is 29.6. The third-order valence-electron chi connectivity index (χ3n) is 11.9. The van der Waals surface area contributed by atoms with E-state index in [4.69, 9.17) is 20.2 Å². The van der Waals surface area contributed by atoms with Gasteiger partial charge in [0.05, 0.1) is 18.6 Å². The smallest absolute Gasteiger partial charge is 0.407 e. The number of nitrogen functional groups attached to an aromatic ring is 1. The first-order valence-electron chi connectivity index (χ1n) is 22.2. The summed E-state index contributed by atoms with van der Waals surface area (Å²) in [6, 6.07) is 15.3. The second-order valence-electron chi connectivity index (χ2n) is 16.9. The predicted octanol–water partition coefficient (Wildman–Crippen LogP) is 6.55. The Kier molecular flexibility index (Phi) is 19.7. The Balaban J connectivity index is 1.66. The summed E-state index contributed by atoms with van der Waals surface area (Å²) in [4.78, 5) is 77.1. The van der Waals surface area contributed by atoms with Crippen molar-refractivity contribution >= 4 is 46.8 Å². The molecule has 0 saturated carbocycles. The first kappa shape index (κ1) is 49.6. The Morgan fingerprint density at radius 2 is 1.66 bits per heavy atom. The molecule has 1 unspecified atom stereocenters. The number of nitrogens with zero attached hydrogens (tertiary/aromatic N) is 3. The van der Waals surface area contributed by atoms with E-state index in [-0.39, 0.29) is 54.4 Å². The van der Waals surface area contributed by atoms with E-state index in [1.165, 1.54) is 18.4 Å². The fourth-order valence-electron chi connectivity index (χ4n) is 7.96. The number of likely N-dealkylation sites (tertiary alicyclic amines) is 1. The lowest BCUT2D eigenvalue weighted by Gasteiger charge is -2.40. The quantitative estimate of drug-likeness (QED) is 0.0637. The van der Waals surface area contributed by atoms with Crippen LogP contribution < -0.4 is 21.7 Å². The Bertz CT molecular complexity index is 1890. The fourth-order valence-corrected chi connectivity index (χ4v) is 8.79. The number of rotatable bonds is 22. The molecule has 2 heterocycles. The molecule has 4 amide bonds. The third-order valence-corrected chi connectivity index (χ3v) is 12.8. The highest BCUT2D eigenvalue weighted by Crippen LogP contribution is 2.32. The number of amides is 4. The highest BCUT2D eigenvalue weighted by Gasteiger charge is 2.39. The highest BCUT2D eigenvalue weighted by atomic mass is 32.1. The zero-order valence-corrected chi connectivity index (χ0v) is 38.7. The number of hydrogen-bond acceptors (Lipinski definition) is 11. The number of carbonyl (C=O) groups excluding carboxylic acids is 5. The van der Waals surface area contributed by atoms with E-state index in [2.05, 4.69) is 20.9 Å². The van der Waals surface area contributed by atoms with Crippen molar-refractivity contribution in [3.63, 3.8) is 0 Å². The van der Waals surface area contributed by atoms with Crippen LogP contribution in [0.5, 0.6) is 0 Å². The van der Waals surface area contributed by atoms with Gasteiger partial charge in [0.15, 0.2) is 6.10 Å². The van der Waals surface area contributed by atoms with Crippen LogP contribution >= 0.6 is 11.3 Å². The molecule has 0 radical (unpaired) electrons. The van der Waals surface area contributed by atoms with Gasteiger partial charge in [0, 0.05) is 43.2 Å². The molecular formula is C47H69N7O7S. The van der Waals surface area contributed by atoms with E-state index in [1.807, 2.05) is 94.2 Å². The van der Waals surface area contributed by atoms with Gasteiger partial charge in [0.25, 0.3) is 5.91 Å². The molecule has 0 spiro atoms. The summed E-state index contributed by atoms with van der Waals surface area (Å²) < 4.78 is 11.3. The van der Waals surface area contributed by atoms with Crippen molar-refractivity contribution < 1.29 is 33.4 Å². The van der Waals surface area contributed by atoms with E-state index >= 15 is 4.79 Å². The summed E-state index contributed by atoms with van der Waals surface area (Å²) in [5, 5.41) is 10.8. The molecule has 340 valence electrons. The van der Waals surface area contributed by atoms with Gasteiger partial charge in [0.2, 0.25) is 11.8 Å². The average molecular weight is 876 g/mol. The van der Waals surface area contributed by atoms with Gasteiger partial charge in [-0.15, -0.1) is 11.3 Å². The van der Waals surface area contributed by atoms with Gasteiger partial charge in [-0.2, -0.15) is 0 Å². The number of carbonyl (C=O) groups is 5. The number of ether oxygens (including phenoxy) is 2. The summed E-state index contributed by atoms with van der Waals surface area (Å²) in [5.41, 5.74) is 8.76. The molecular weight excluding hydrogens is 807 g/mol. The minimum atomic E-state index is -0.933. The fraction of sp³-hybridized carbons (Fsp3) is 0.574. The number of nitrogens with two attached hydrogens (primary N) is 1. The van der Waals surface area contributed by atoms with Crippen LogP contribution in [0.4, 0.5) is 10.5 Å². The minimum Gasteiger partial charge on any atom is -0.466 e. The molecule has 1 aliphatic rings. The van der Waals surface area contributed by atoms with Crippen LogP contribution in [-0.2, 0) is 36.7 Å². The van der Waals surface area contributed by atoms with Gasteiger partial charge in [-0.05, 0) is 87.7 Å². The summed E-state index contributed by atoms with van der Waals surface area (Å²) in [7, 11) is 3.42. The number of benzene rings is 2. The summed E-state index contributed by atoms with van der Waals surface area (Å²) in [5.74, 6) is -1.88. The molecule has 2 aromatic carbocycles. The number of hydrogen-bond donors (Lipinski definition) is 4. The van der Waals surface area contributed by atoms with Crippen molar-refractivity contribution in [1.82, 2.24) is 30.7 Å². The largest absolute Gasteiger partial charge is 0.466 e. The van der Waals surface area contributed by atoms with Gasteiger partial charge in [-0.25, -0.2) is 9.78 Å². The molecule has 1 fully saturated rings. The van der Waals surface area contributed by atoms with E-state index in [9.17, 15) is 19.2 Å². The highest BCUT2D eigenvalue weighted by molar-refractivity contribution is 7.09. The first-order valence-corrected chi connectivity index (χ1v) is 23.0. The van der Waals surface area contributed by atoms with Crippen LogP contribution in [0.15, 0.2) is 60.0 Å². The van der Waals surface area contributed by atoms with Crippen LogP contribution in [0, 0.1) is 17.8 Å². The van der Waals surface area contributed by atoms with E-state index in [0.717, 1.165) is 36.9 Å². The zero-order valence-electron chi connectivity index (χ0n) is 37.9. The van der Waals surface area contributed by atoms with Crippen LogP contribution in [0.25, 0.3) is 0 Å². The Morgan fingerprint density at radius 3 is 2.29 bits per heavy atom. The van der Waals surface area contributed by atoms with Crippen molar-refractivity contribution in [2.24, 2.45) is 17.8 Å². The number of alkyl carbamates (subject to hydrolysis) is 1. The SMILES string of the molecule is CCOC(=O)C(C)C[C@H](Cc1ccccc1)NC(=O)c1csc([C@@H](C[C@H](C(C)C)N(CCc2ccc(N)cc2)C(=O)[C@@H](NC(=O)[C@H]2CCCCN2C)[C@@H](C)CC)OC(=O)NC)n1. The molecule has 1 saturated heterocycles. The number of likely N-dealkylation sites (N-methyl/N-ethyl adjacent to an activating group) is 1. The summed E-state index contributed by atoms with van der Waals surface area (Å²) in [6.07, 6.45) is 3.28. The molecule has 15 heteroatoms. The lowest BCUT2D eigenvalue weighted by atomic mass is 9.91. The molecule has 62 heavy (non-hydrogen) atoms. The predicted molar refractivity (Wildman–Crippen MR) is 243 cm³/mol. The van der Waals surface area contributed by atoms with E-state index in [1.54, 1.807) is 19.2 Å². The summed E-state index contributed by atoms with van der Waals surface area (Å²) >= 11 is 1.19. The molecule has 0 bridgehead atoms. The van der Waals surface area contributed by atoms with Crippen LogP contribution in [0.1, 0.15) is 113 Å². The Hall–Kier alpha value is -5.02. The molecule has 7 atom stereocenters. The Labute approximate surface area is 372 Å². The molecule has 1 aromatic heterocycles. The molecule has 5 N–H and O–H groups in total. The van der Waals surface area contributed by atoms with Crippen molar-refractivity contribution in [2.75, 3.05) is 39.5 Å². The van der Waals surface area contributed by atoms with Gasteiger partial charge in [0.1, 0.15) is 16.7 Å². The second-order valence-corrected chi connectivity index (χ2v) is 17.8. The summed E-state index contributed by atoms with van der Waals surface area (Å²) in [6.45, 7) is 13.0. The molecule has 14 nitrogen and oxygen atoms in total. The average Bonchev–Trinajstić information content (AvgIpc) is 3.76. The van der Waals surface area contributed by atoms with Crippen molar-refractivity contribution in [2.45, 2.75) is 123 Å². The second kappa shape index (κ2) is 24.6. The molecule has 4 rings (SSSR count). The number of esters is 1. The van der Waals surface area contributed by atoms with Crippen LogP contribution in [0.2, 0.25) is 0 Å². The number of piperidine rings is 1. The van der Waals surface area contributed by atoms with Crippen LogP contribution in [-0.4, -0.2) is 103 Å². The Morgan fingerprint density at radius 1 is 0.952 bits per heavy atom. The molecule has 3 aromatic rings. The minimum absolute atomic E-state index is 0.123. The lowest BCUT2D eigenvalue weighted by Crippen LogP contribution is -2.59. The molecule has 0 aliphatic carbocycles. The van der Waals surface area contributed by atoms with Gasteiger partial charge < -0.3 is 36.1 Å². The van der Waals surface area contributed by atoms with Gasteiger partial charge >= 0.3 is 12.1 Å². The van der Waals surface area contributed by atoms with Crippen molar-refractivity contribution in [3.8, 4) is 0 Å². The maximum absolute atomic E-state index is 15.1. The number of nitrogens with one attached hydrogen (secondary N) is 3. The van der Waals surface area contributed by atoms with Gasteiger partial charge in [-0.1, -0.05) is 89.9 Å². The zero-order chi connectivity index (χ0) is 45.3. The van der Waals surface area contributed by atoms with Gasteiger partial charge in [-0.3, -0.25) is 24.1 Å². The number of anilines is 1. The molecule has 1 aliphatic heterocycles. The normalized spacial score (nSPS) is 17.1. The monoisotopic (exact) mass is 875 g/mol. The van der Waals surface area contributed by atoms with Crippen LogP contribution in [0.3, 0.4) is 0 Å². The third kappa shape index (κ3) is 14.5. The van der Waals surface area contributed by atoms with E-state index < -0.39 is 42.1 Å². The van der Waals surface area contributed by atoms with Crippen molar-refractivity contribution in [3.05, 3.63) is 81.8 Å². The maximum atomic E-state index is 15.1. The maximum Gasteiger partial charge on any atom is 0.407 e. The number of aromatic nitrogens is 1. The lowest BCUT2D eigenvalue weighted by molar-refractivity contribution is -0.147. The van der Waals surface area contributed by atoms with E-state index in [0.29, 0.717) is 42.9 Å². The number of thiazole rings is 1.